The van der Waals surface area contributed by atoms with Crippen molar-refractivity contribution in [2.24, 2.45) is 5.92 Å². The third kappa shape index (κ3) is 5.98. The SMILES string of the molecule is CC(C)CNC(=O)c1ccccc1NC(=O)Cc1csc(-c2cccc(Br)c2)n1. The van der Waals surface area contributed by atoms with Gasteiger partial charge in [0, 0.05) is 22.0 Å². The Balaban J connectivity index is 1.67. The Hall–Kier alpha value is -2.51. The van der Waals surface area contributed by atoms with Crippen LogP contribution in [0.3, 0.4) is 0 Å². The molecule has 0 aliphatic carbocycles. The summed E-state index contributed by atoms with van der Waals surface area (Å²) in [7, 11) is 0. The average Bonchev–Trinajstić information content (AvgIpc) is 3.15. The average molecular weight is 472 g/mol. The van der Waals surface area contributed by atoms with E-state index in [0.717, 1.165) is 15.0 Å². The number of hydrogen-bond donors (Lipinski definition) is 2. The number of rotatable bonds is 7. The molecule has 0 fully saturated rings. The number of thiazole rings is 1. The van der Waals surface area contributed by atoms with Gasteiger partial charge in [-0.05, 0) is 30.2 Å². The second-order valence-corrected chi connectivity index (χ2v) is 8.80. The molecule has 3 rings (SSSR count). The predicted octanol–water partition coefficient (Wildman–Crippen LogP) is 5.14. The monoisotopic (exact) mass is 471 g/mol. The van der Waals surface area contributed by atoms with Gasteiger partial charge in [-0.3, -0.25) is 9.59 Å². The van der Waals surface area contributed by atoms with Gasteiger partial charge in [-0.15, -0.1) is 11.3 Å². The van der Waals surface area contributed by atoms with Crippen molar-refractivity contribution in [2.75, 3.05) is 11.9 Å². The largest absolute Gasteiger partial charge is 0.352 e. The summed E-state index contributed by atoms with van der Waals surface area (Å²) in [6.07, 6.45) is 0.145. The summed E-state index contributed by atoms with van der Waals surface area (Å²) in [6, 6.07) is 14.9. The lowest BCUT2D eigenvalue weighted by Gasteiger charge is -2.12. The van der Waals surface area contributed by atoms with Gasteiger partial charge in [0.1, 0.15) is 5.01 Å². The highest BCUT2D eigenvalue weighted by Crippen LogP contribution is 2.26. The molecule has 1 heterocycles. The molecule has 0 spiro atoms. The minimum atomic E-state index is -0.208. The molecule has 150 valence electrons. The zero-order valence-corrected chi connectivity index (χ0v) is 18.6. The lowest BCUT2D eigenvalue weighted by molar-refractivity contribution is -0.115. The van der Waals surface area contributed by atoms with Crippen molar-refractivity contribution in [3.63, 3.8) is 0 Å². The maximum absolute atomic E-state index is 12.5. The number of halogens is 1. The number of hydrogen-bond acceptors (Lipinski definition) is 4. The zero-order valence-electron chi connectivity index (χ0n) is 16.2. The first-order valence-electron chi connectivity index (χ1n) is 9.30. The Bertz CT molecular complexity index is 1020. The lowest BCUT2D eigenvalue weighted by Crippen LogP contribution is -2.28. The molecule has 7 heteroatoms. The molecule has 2 amide bonds. The van der Waals surface area contributed by atoms with E-state index in [2.05, 4.69) is 31.5 Å². The van der Waals surface area contributed by atoms with Gasteiger partial charge in [-0.25, -0.2) is 4.98 Å². The van der Waals surface area contributed by atoms with Crippen LogP contribution in [0.4, 0.5) is 5.69 Å². The summed E-state index contributed by atoms with van der Waals surface area (Å²) in [4.78, 5) is 29.5. The first-order chi connectivity index (χ1) is 13.9. The van der Waals surface area contributed by atoms with E-state index < -0.39 is 0 Å². The number of anilines is 1. The van der Waals surface area contributed by atoms with E-state index in [9.17, 15) is 9.59 Å². The van der Waals surface area contributed by atoms with Crippen LogP contribution in [0.5, 0.6) is 0 Å². The fourth-order valence-corrected chi connectivity index (χ4v) is 3.90. The molecule has 3 aromatic rings. The molecule has 0 unspecified atom stereocenters. The molecule has 2 N–H and O–H groups in total. The van der Waals surface area contributed by atoms with Crippen molar-refractivity contribution in [2.45, 2.75) is 20.3 Å². The second-order valence-electron chi connectivity index (χ2n) is 7.03. The van der Waals surface area contributed by atoms with Gasteiger partial charge >= 0.3 is 0 Å². The van der Waals surface area contributed by atoms with Crippen molar-refractivity contribution < 1.29 is 9.59 Å². The van der Waals surface area contributed by atoms with Crippen molar-refractivity contribution in [3.8, 4) is 10.6 Å². The van der Waals surface area contributed by atoms with E-state index >= 15 is 0 Å². The van der Waals surface area contributed by atoms with Gasteiger partial charge in [0.15, 0.2) is 0 Å². The van der Waals surface area contributed by atoms with Crippen LogP contribution >= 0.6 is 27.3 Å². The molecule has 0 radical (unpaired) electrons. The Labute approximate surface area is 182 Å². The van der Waals surface area contributed by atoms with Crippen molar-refractivity contribution in [3.05, 3.63) is 69.6 Å². The van der Waals surface area contributed by atoms with Gasteiger partial charge in [0.05, 0.1) is 23.4 Å². The molecule has 0 saturated carbocycles. The molecular formula is C22H22BrN3O2S. The zero-order chi connectivity index (χ0) is 20.8. The van der Waals surface area contributed by atoms with Crippen molar-refractivity contribution in [1.29, 1.82) is 0 Å². The number of nitrogens with one attached hydrogen (secondary N) is 2. The quantitative estimate of drug-likeness (QED) is 0.500. The summed E-state index contributed by atoms with van der Waals surface area (Å²) in [6.45, 7) is 4.65. The Morgan fingerprint density at radius 3 is 2.69 bits per heavy atom. The summed E-state index contributed by atoms with van der Waals surface area (Å²) in [5.41, 5.74) is 2.66. The second kappa shape index (κ2) is 9.80. The van der Waals surface area contributed by atoms with Crippen LogP contribution in [0.2, 0.25) is 0 Å². The number of para-hydroxylation sites is 1. The first kappa shape index (κ1) is 21.2. The smallest absolute Gasteiger partial charge is 0.253 e. The van der Waals surface area contributed by atoms with E-state index in [1.165, 1.54) is 11.3 Å². The fourth-order valence-electron chi connectivity index (χ4n) is 2.68. The van der Waals surface area contributed by atoms with Crippen LogP contribution in [0.1, 0.15) is 29.9 Å². The number of carbonyl (C=O) groups excluding carboxylic acids is 2. The maximum Gasteiger partial charge on any atom is 0.253 e. The van der Waals surface area contributed by atoms with E-state index in [4.69, 9.17) is 0 Å². The normalized spacial score (nSPS) is 10.8. The van der Waals surface area contributed by atoms with Crippen LogP contribution < -0.4 is 10.6 Å². The molecule has 0 aliphatic rings. The third-order valence-corrected chi connectivity index (χ3v) is 5.52. The minimum absolute atomic E-state index is 0.145. The summed E-state index contributed by atoms with van der Waals surface area (Å²) in [5.74, 6) is -0.0507. The Morgan fingerprint density at radius 2 is 1.93 bits per heavy atom. The first-order valence-corrected chi connectivity index (χ1v) is 11.0. The highest BCUT2D eigenvalue weighted by Gasteiger charge is 2.15. The summed E-state index contributed by atoms with van der Waals surface area (Å²) < 4.78 is 0.983. The number of amides is 2. The fraction of sp³-hybridized carbons (Fsp3) is 0.227. The van der Waals surface area contributed by atoms with Gasteiger partial charge in [-0.2, -0.15) is 0 Å². The van der Waals surface area contributed by atoms with Gasteiger partial charge in [0.25, 0.3) is 5.91 Å². The van der Waals surface area contributed by atoms with Crippen LogP contribution in [0, 0.1) is 5.92 Å². The molecule has 0 saturated heterocycles. The molecule has 0 bridgehead atoms. The number of benzene rings is 2. The van der Waals surface area contributed by atoms with Gasteiger partial charge < -0.3 is 10.6 Å². The predicted molar refractivity (Wildman–Crippen MR) is 121 cm³/mol. The highest BCUT2D eigenvalue weighted by molar-refractivity contribution is 9.10. The van der Waals surface area contributed by atoms with Crippen LogP contribution in [-0.2, 0) is 11.2 Å². The number of nitrogens with zero attached hydrogens (tertiary/aromatic N) is 1. The highest BCUT2D eigenvalue weighted by atomic mass is 79.9. The van der Waals surface area contributed by atoms with Crippen molar-refractivity contribution in [1.82, 2.24) is 10.3 Å². The summed E-state index contributed by atoms with van der Waals surface area (Å²) >= 11 is 4.96. The van der Waals surface area contributed by atoms with Crippen LogP contribution in [0.15, 0.2) is 58.4 Å². The number of aromatic nitrogens is 1. The van der Waals surface area contributed by atoms with Crippen molar-refractivity contribution >= 4 is 44.8 Å². The lowest BCUT2D eigenvalue weighted by atomic mass is 10.1. The molecule has 1 aromatic heterocycles. The van der Waals surface area contributed by atoms with E-state index in [1.807, 2.05) is 43.5 Å². The Kier molecular flexibility index (Phi) is 7.17. The van der Waals surface area contributed by atoms with Gasteiger partial charge in [-0.1, -0.05) is 54.0 Å². The molecule has 29 heavy (non-hydrogen) atoms. The van der Waals surface area contributed by atoms with Crippen LogP contribution in [0.25, 0.3) is 10.6 Å². The van der Waals surface area contributed by atoms with Gasteiger partial charge in [0.2, 0.25) is 5.91 Å². The number of carbonyl (C=O) groups is 2. The molecule has 2 aromatic carbocycles. The standard InChI is InChI=1S/C22H22BrN3O2S/c1-14(2)12-24-21(28)18-8-3-4-9-19(18)26-20(27)11-17-13-29-22(25-17)15-6-5-7-16(23)10-15/h3-10,13-14H,11-12H2,1-2H3,(H,24,28)(H,26,27). The molecular weight excluding hydrogens is 450 g/mol. The summed E-state index contributed by atoms with van der Waals surface area (Å²) in [5, 5.41) is 8.48. The molecule has 0 aliphatic heterocycles. The molecule has 5 nitrogen and oxygen atoms in total. The van der Waals surface area contributed by atoms with E-state index in [-0.39, 0.29) is 18.2 Å². The van der Waals surface area contributed by atoms with E-state index in [0.29, 0.717) is 29.4 Å². The third-order valence-electron chi connectivity index (χ3n) is 4.08. The maximum atomic E-state index is 12.5. The van der Waals surface area contributed by atoms with E-state index in [1.54, 1.807) is 24.3 Å². The van der Waals surface area contributed by atoms with Crippen LogP contribution in [-0.4, -0.2) is 23.3 Å². The Morgan fingerprint density at radius 1 is 1.14 bits per heavy atom. The topological polar surface area (TPSA) is 71.1 Å². The molecule has 0 atom stereocenters. The minimum Gasteiger partial charge on any atom is -0.352 e.